The van der Waals surface area contributed by atoms with Crippen molar-refractivity contribution in [1.29, 1.82) is 0 Å². The Morgan fingerprint density at radius 2 is 1.21 bits per heavy atom. The second-order valence-corrected chi connectivity index (χ2v) is 7.26. The van der Waals surface area contributed by atoms with Crippen molar-refractivity contribution in [3.05, 3.63) is 12.1 Å². The van der Waals surface area contributed by atoms with Gasteiger partial charge in [0.1, 0.15) is 11.6 Å². The number of aromatic amines is 2. The number of nitrogens with one attached hydrogen (secondary N) is 2. The second kappa shape index (κ2) is 5.56. The lowest BCUT2D eigenvalue weighted by atomic mass is 10.4. The minimum Gasteiger partial charge on any atom is -0.361 e. The predicted octanol–water partition coefficient (Wildman–Crippen LogP) is -2.30. The van der Waals surface area contributed by atoms with Crippen molar-refractivity contribution in [1.82, 2.24) is 19.9 Å². The smallest absolute Gasteiger partial charge is 0.210 e. The average Bonchev–Trinajstić information content (AvgIpc) is 3.03. The molecule has 3 rings (SSSR count). The van der Waals surface area contributed by atoms with Crippen LogP contribution in [0.3, 0.4) is 0 Å². The van der Waals surface area contributed by atoms with E-state index < -0.39 is 0 Å². The van der Waals surface area contributed by atoms with Gasteiger partial charge >= 0.3 is 0 Å². The van der Waals surface area contributed by atoms with E-state index in [0.717, 1.165) is 39.6 Å². The molecule has 0 fully saturated rings. The average molecular weight is 320 g/mol. The highest BCUT2D eigenvalue weighted by atomic mass is 32.1. The van der Waals surface area contributed by atoms with Crippen LogP contribution in [0.15, 0.2) is 12.1 Å². The molecular formula is C10H4Al4N4S. The monoisotopic (exact) mass is 320 g/mol. The molecule has 3 heterocycles. The normalized spacial score (nSPS) is 10.9. The van der Waals surface area contributed by atoms with Gasteiger partial charge in [-0.15, -0.1) is 11.3 Å². The number of aromatic nitrogens is 4. The van der Waals surface area contributed by atoms with E-state index in [4.69, 9.17) is 0 Å². The van der Waals surface area contributed by atoms with Crippen LogP contribution in [0.25, 0.3) is 21.4 Å². The fraction of sp³-hybridized carbons (Fsp3) is 0. The van der Waals surface area contributed by atoms with Crippen molar-refractivity contribution in [2.24, 2.45) is 0 Å². The molecule has 0 amide bonds. The summed E-state index contributed by atoms with van der Waals surface area (Å²) in [6.45, 7) is 0. The first-order valence-corrected chi connectivity index (χ1v) is 8.49. The van der Waals surface area contributed by atoms with Gasteiger partial charge in [-0.1, -0.05) is 18.2 Å². The van der Waals surface area contributed by atoms with Crippen LogP contribution in [-0.2, 0) is 0 Å². The molecule has 8 radical (unpaired) electrons. The van der Waals surface area contributed by atoms with Crippen molar-refractivity contribution in [3.63, 3.8) is 0 Å². The Balaban J connectivity index is 1.99. The summed E-state index contributed by atoms with van der Waals surface area (Å²) in [5.41, 5.74) is 0. The third-order valence-corrected chi connectivity index (χ3v) is 6.12. The van der Waals surface area contributed by atoms with Crippen molar-refractivity contribution >= 4 is 94.7 Å². The van der Waals surface area contributed by atoms with Crippen LogP contribution in [0.2, 0.25) is 0 Å². The van der Waals surface area contributed by atoms with Gasteiger partial charge in [-0.3, -0.25) is 9.97 Å². The van der Waals surface area contributed by atoms with E-state index in [1.54, 1.807) is 11.3 Å². The zero-order valence-electron chi connectivity index (χ0n) is 9.77. The summed E-state index contributed by atoms with van der Waals surface area (Å²) in [5.74, 6) is 1.77. The fourth-order valence-corrected chi connectivity index (χ4v) is 3.33. The SMILES string of the molecule is [Al][c]1nc(-c2ccc(-c3n[c]([Al])[c]([Al])[nH]3)s2)[nH][c]1[Al]. The van der Waals surface area contributed by atoms with E-state index in [1.807, 2.05) is 0 Å². The van der Waals surface area contributed by atoms with Gasteiger partial charge in [0.15, 0.2) is 0 Å². The summed E-state index contributed by atoms with van der Waals surface area (Å²) in [4.78, 5) is 17.6. The Labute approximate surface area is 147 Å². The largest absolute Gasteiger partial charge is 0.361 e. The molecular weight excluding hydrogens is 316 g/mol. The van der Waals surface area contributed by atoms with Gasteiger partial charge in [0, 0.05) is 0 Å². The quantitative estimate of drug-likeness (QED) is 0.522. The van der Waals surface area contributed by atoms with E-state index in [2.05, 4.69) is 97.2 Å². The highest BCUT2D eigenvalue weighted by Crippen LogP contribution is 2.30. The van der Waals surface area contributed by atoms with Gasteiger partial charge in [0.05, 0.1) is 9.75 Å². The molecule has 4 nitrogen and oxygen atoms in total. The summed E-state index contributed by atoms with van der Waals surface area (Å²) < 4.78 is 3.83. The molecule has 0 aliphatic heterocycles. The van der Waals surface area contributed by atoms with Crippen LogP contribution >= 0.6 is 11.3 Å². The van der Waals surface area contributed by atoms with Crippen LogP contribution < -0.4 is 18.2 Å². The van der Waals surface area contributed by atoms with Gasteiger partial charge in [-0.25, -0.2) is 0 Å². The Morgan fingerprint density at radius 3 is 1.53 bits per heavy atom. The minimum atomic E-state index is 0.884. The number of nitrogens with zero attached hydrogens (tertiary/aromatic N) is 2. The van der Waals surface area contributed by atoms with Crippen LogP contribution in [0.5, 0.6) is 0 Å². The lowest BCUT2D eigenvalue weighted by Crippen LogP contribution is -2.24. The molecule has 0 aliphatic rings. The van der Waals surface area contributed by atoms with E-state index in [0.29, 0.717) is 0 Å². The molecule has 0 atom stereocenters. The standard InChI is InChI=1S/C10H4N4S.4Al/c1-2-8(10-13-5-6-14-10)15-7(1)9-11-3-4-12-9;;;;/h1-2H,(H,11,12)(H,13,14);;;;. The molecule has 0 bridgehead atoms. The van der Waals surface area contributed by atoms with E-state index >= 15 is 0 Å². The third kappa shape index (κ3) is 2.83. The lowest BCUT2D eigenvalue weighted by Gasteiger charge is -1.91. The summed E-state index contributed by atoms with van der Waals surface area (Å²) in [7, 11) is 0. The number of rotatable bonds is 2. The summed E-state index contributed by atoms with van der Waals surface area (Å²) in [6, 6.07) is 4.11. The molecule has 0 unspecified atom stereocenters. The maximum atomic E-state index is 4.47. The van der Waals surface area contributed by atoms with Crippen molar-refractivity contribution in [2.45, 2.75) is 0 Å². The minimum absolute atomic E-state index is 0.884. The first kappa shape index (κ1) is 14.2. The maximum Gasteiger partial charge on any atom is 0.210 e. The summed E-state index contributed by atoms with van der Waals surface area (Å²) >= 11 is 12.2. The second-order valence-electron chi connectivity index (χ2n) is 3.93. The molecule has 0 spiro atoms. The Morgan fingerprint density at radius 1 is 0.789 bits per heavy atom. The highest BCUT2D eigenvalue weighted by Gasteiger charge is 2.10. The molecule has 2 N–H and O–H groups in total. The van der Waals surface area contributed by atoms with Crippen LogP contribution in [-0.4, -0.2) is 85.1 Å². The van der Waals surface area contributed by atoms with Crippen LogP contribution in [0.1, 0.15) is 0 Å². The first-order valence-electron chi connectivity index (χ1n) is 5.37. The van der Waals surface area contributed by atoms with Crippen molar-refractivity contribution in [3.8, 4) is 21.4 Å². The predicted molar refractivity (Wildman–Crippen MR) is 81.0 cm³/mol. The summed E-state index contributed by atoms with van der Waals surface area (Å²) in [5, 5.41) is 0. The van der Waals surface area contributed by atoms with Crippen LogP contribution in [0.4, 0.5) is 0 Å². The number of hydrogen-bond acceptors (Lipinski definition) is 3. The van der Waals surface area contributed by atoms with Crippen molar-refractivity contribution in [2.75, 3.05) is 0 Å². The molecule has 82 valence electrons. The van der Waals surface area contributed by atoms with Gasteiger partial charge in [0.2, 0.25) is 65.2 Å². The van der Waals surface area contributed by atoms with Crippen molar-refractivity contribution < 1.29 is 0 Å². The Kier molecular flexibility index (Phi) is 4.16. The third-order valence-electron chi connectivity index (χ3n) is 2.60. The molecule has 19 heavy (non-hydrogen) atoms. The van der Waals surface area contributed by atoms with Gasteiger partial charge in [-0.05, 0) is 12.1 Å². The van der Waals surface area contributed by atoms with E-state index in [9.17, 15) is 0 Å². The fourth-order valence-electron chi connectivity index (χ4n) is 1.63. The van der Waals surface area contributed by atoms with E-state index in [1.165, 1.54) is 0 Å². The Hall–Kier alpha value is 0.250. The van der Waals surface area contributed by atoms with Gasteiger partial charge < -0.3 is 9.97 Å². The number of H-pyrrole nitrogens is 2. The van der Waals surface area contributed by atoms with Gasteiger partial charge in [0.25, 0.3) is 0 Å². The lowest BCUT2D eigenvalue weighted by molar-refractivity contribution is 1.35. The number of hydrogen-bond donors (Lipinski definition) is 2. The molecule has 3 aromatic rings. The zero-order chi connectivity index (χ0) is 13.6. The molecule has 0 aromatic carbocycles. The molecule has 0 saturated carbocycles. The molecule has 0 saturated heterocycles. The summed E-state index contributed by atoms with van der Waals surface area (Å²) in [6.07, 6.45) is 0. The number of thiophene rings is 1. The zero-order valence-corrected chi connectivity index (χ0v) is 15.2. The Bertz CT molecular complexity index is 645. The molecule has 9 heteroatoms. The topological polar surface area (TPSA) is 57.4 Å². The van der Waals surface area contributed by atoms with Gasteiger partial charge in [-0.2, -0.15) is 0 Å². The molecule has 3 aromatic heterocycles. The highest BCUT2D eigenvalue weighted by molar-refractivity contribution is 7.18. The maximum absolute atomic E-state index is 4.47. The first-order chi connectivity index (χ1) is 9.04. The number of imidazole rings is 2. The molecule has 0 aliphatic carbocycles. The van der Waals surface area contributed by atoms with E-state index in [-0.39, 0.29) is 0 Å². The van der Waals surface area contributed by atoms with Crippen LogP contribution in [0, 0.1) is 0 Å².